The normalized spacial score (nSPS) is 12.5. The van der Waals surface area contributed by atoms with Gasteiger partial charge >= 0.3 is 0 Å². The number of rotatable bonds is 3. The first kappa shape index (κ1) is 10.1. The molecular weight excluding hydrogens is 238 g/mol. The third kappa shape index (κ3) is 2.50. The van der Waals surface area contributed by atoms with Crippen LogP contribution in [0.3, 0.4) is 0 Å². The average Bonchev–Trinajstić information content (AvgIpc) is 2.17. The van der Waals surface area contributed by atoms with Gasteiger partial charge in [0, 0.05) is 12.1 Å². The number of hydrogen-bond donors (Lipinski definition) is 1. The summed E-state index contributed by atoms with van der Waals surface area (Å²) in [4.78, 5) is 9.68. The van der Waals surface area contributed by atoms with Crippen molar-refractivity contribution in [1.29, 1.82) is 0 Å². The highest BCUT2D eigenvalue weighted by molar-refractivity contribution is 9.09. The predicted molar refractivity (Wildman–Crippen MR) is 51.9 cm³/mol. The van der Waals surface area contributed by atoms with E-state index >= 15 is 0 Å². The van der Waals surface area contributed by atoms with Gasteiger partial charge in [0.25, 0.3) is 5.69 Å². The Morgan fingerprint density at radius 1 is 1.46 bits per heavy atom. The van der Waals surface area contributed by atoms with Gasteiger partial charge in [0.15, 0.2) is 0 Å². The maximum atomic E-state index is 10.3. The Balaban J connectivity index is 2.87. The molecule has 0 bridgehead atoms. The molecule has 1 rings (SSSR count). The van der Waals surface area contributed by atoms with Crippen LogP contribution in [0, 0.1) is 10.1 Å². The first-order chi connectivity index (χ1) is 6.15. The first-order valence-electron chi connectivity index (χ1n) is 3.64. The van der Waals surface area contributed by atoms with Crippen molar-refractivity contribution < 1.29 is 10.0 Å². The highest BCUT2D eigenvalue weighted by Gasteiger charge is 2.08. The van der Waals surface area contributed by atoms with E-state index in [0.29, 0.717) is 0 Å². The fourth-order valence-corrected chi connectivity index (χ4v) is 1.22. The van der Waals surface area contributed by atoms with Crippen LogP contribution in [0.5, 0.6) is 0 Å². The van der Waals surface area contributed by atoms with Crippen molar-refractivity contribution in [2.45, 2.75) is 4.83 Å². The Hall–Kier alpha value is -0.940. The lowest BCUT2D eigenvalue weighted by Crippen LogP contribution is -1.95. The van der Waals surface area contributed by atoms with E-state index in [4.69, 9.17) is 5.11 Å². The summed E-state index contributed by atoms with van der Waals surface area (Å²) in [7, 11) is 0. The van der Waals surface area contributed by atoms with E-state index < -0.39 is 4.92 Å². The Kier molecular flexibility index (Phi) is 3.39. The molecule has 0 heterocycles. The molecule has 0 amide bonds. The second-order valence-electron chi connectivity index (χ2n) is 2.50. The van der Waals surface area contributed by atoms with Gasteiger partial charge in [-0.1, -0.05) is 28.1 Å². The Bertz CT molecular complexity index is 299. The Labute approximate surface area is 83.5 Å². The van der Waals surface area contributed by atoms with E-state index in [0.717, 1.165) is 5.56 Å². The van der Waals surface area contributed by atoms with Crippen molar-refractivity contribution in [3.05, 3.63) is 39.9 Å². The molecule has 1 N–H and O–H groups in total. The van der Waals surface area contributed by atoms with Crippen molar-refractivity contribution in [2.24, 2.45) is 0 Å². The molecule has 0 aliphatic heterocycles. The van der Waals surface area contributed by atoms with Crippen LogP contribution in [0.15, 0.2) is 24.3 Å². The van der Waals surface area contributed by atoms with Gasteiger partial charge < -0.3 is 5.11 Å². The molecule has 0 radical (unpaired) electrons. The summed E-state index contributed by atoms with van der Waals surface area (Å²) in [5.41, 5.74) is 0.884. The highest BCUT2D eigenvalue weighted by atomic mass is 79.9. The molecule has 0 saturated carbocycles. The van der Waals surface area contributed by atoms with E-state index in [1.807, 2.05) is 0 Å². The van der Waals surface area contributed by atoms with Crippen LogP contribution in [-0.4, -0.2) is 16.6 Å². The Morgan fingerprint density at radius 2 is 2.00 bits per heavy atom. The van der Waals surface area contributed by atoms with Crippen molar-refractivity contribution in [3.63, 3.8) is 0 Å². The predicted octanol–water partition coefficient (Wildman–Crippen LogP) is 2.02. The topological polar surface area (TPSA) is 63.4 Å². The third-order valence-electron chi connectivity index (χ3n) is 1.63. The fraction of sp³-hybridized carbons (Fsp3) is 0.250. The summed E-state index contributed by atoms with van der Waals surface area (Å²) < 4.78 is 0. The number of nitrogens with zero attached hydrogens (tertiary/aromatic N) is 1. The van der Waals surface area contributed by atoms with Gasteiger partial charge in [-0.05, 0) is 5.56 Å². The standard InChI is InChI=1S/C8H8BrNO3/c9-8(5-11)6-1-3-7(4-2-6)10(12)13/h1-4,8,11H,5H2. The quantitative estimate of drug-likeness (QED) is 0.504. The molecule has 70 valence electrons. The van der Waals surface area contributed by atoms with Crippen LogP contribution in [0.1, 0.15) is 10.4 Å². The molecule has 0 spiro atoms. The van der Waals surface area contributed by atoms with E-state index in [1.54, 1.807) is 12.1 Å². The largest absolute Gasteiger partial charge is 0.395 e. The van der Waals surface area contributed by atoms with Crippen LogP contribution in [0.2, 0.25) is 0 Å². The van der Waals surface area contributed by atoms with Crippen LogP contribution < -0.4 is 0 Å². The molecule has 1 atom stereocenters. The lowest BCUT2D eigenvalue weighted by Gasteiger charge is -2.04. The number of aliphatic hydroxyl groups is 1. The molecule has 0 aromatic heterocycles. The van der Waals surface area contributed by atoms with E-state index in [-0.39, 0.29) is 17.1 Å². The summed E-state index contributed by atoms with van der Waals surface area (Å²) in [6, 6.07) is 6.07. The number of halogens is 1. The Morgan fingerprint density at radius 3 is 2.38 bits per heavy atom. The highest BCUT2D eigenvalue weighted by Crippen LogP contribution is 2.23. The van der Waals surface area contributed by atoms with Crippen molar-refractivity contribution in [2.75, 3.05) is 6.61 Å². The number of benzene rings is 1. The molecule has 1 unspecified atom stereocenters. The first-order valence-corrected chi connectivity index (χ1v) is 4.56. The minimum atomic E-state index is -0.452. The molecule has 0 fully saturated rings. The van der Waals surface area contributed by atoms with Gasteiger partial charge in [0.05, 0.1) is 16.4 Å². The van der Waals surface area contributed by atoms with Gasteiger partial charge in [-0.2, -0.15) is 0 Å². The molecule has 0 saturated heterocycles. The number of non-ortho nitro benzene ring substituents is 1. The molecule has 4 nitrogen and oxygen atoms in total. The van der Waals surface area contributed by atoms with Gasteiger partial charge in [0.1, 0.15) is 0 Å². The summed E-state index contributed by atoms with van der Waals surface area (Å²) in [6.07, 6.45) is 0. The smallest absolute Gasteiger partial charge is 0.269 e. The fourth-order valence-electron chi connectivity index (χ4n) is 0.910. The van der Waals surface area contributed by atoms with E-state index in [2.05, 4.69) is 15.9 Å². The lowest BCUT2D eigenvalue weighted by molar-refractivity contribution is -0.384. The van der Waals surface area contributed by atoms with E-state index in [1.165, 1.54) is 12.1 Å². The minimum absolute atomic E-state index is 0.0299. The monoisotopic (exact) mass is 245 g/mol. The van der Waals surface area contributed by atoms with E-state index in [9.17, 15) is 10.1 Å². The molecule has 0 aliphatic rings. The van der Waals surface area contributed by atoms with Crippen LogP contribution in [0.4, 0.5) is 5.69 Å². The maximum absolute atomic E-state index is 10.3. The summed E-state index contributed by atoms with van der Waals surface area (Å²) in [5.74, 6) is 0. The minimum Gasteiger partial charge on any atom is -0.395 e. The van der Waals surface area contributed by atoms with Crippen LogP contribution >= 0.6 is 15.9 Å². The SMILES string of the molecule is O=[N+]([O-])c1ccc(C(Br)CO)cc1. The molecule has 1 aromatic rings. The molecule has 13 heavy (non-hydrogen) atoms. The summed E-state index contributed by atoms with van der Waals surface area (Å²) in [6.45, 7) is -0.0299. The summed E-state index contributed by atoms with van der Waals surface area (Å²) in [5, 5.41) is 19.1. The average molecular weight is 246 g/mol. The zero-order chi connectivity index (χ0) is 9.84. The van der Waals surface area contributed by atoms with Gasteiger partial charge in [-0.3, -0.25) is 10.1 Å². The third-order valence-corrected chi connectivity index (χ3v) is 2.44. The van der Waals surface area contributed by atoms with Gasteiger partial charge in [0.2, 0.25) is 0 Å². The summed E-state index contributed by atoms with van der Waals surface area (Å²) >= 11 is 3.23. The second kappa shape index (κ2) is 4.34. The number of hydrogen-bond acceptors (Lipinski definition) is 3. The van der Waals surface area contributed by atoms with Crippen molar-refractivity contribution in [3.8, 4) is 0 Å². The van der Waals surface area contributed by atoms with Gasteiger partial charge in [-0.25, -0.2) is 0 Å². The lowest BCUT2D eigenvalue weighted by atomic mass is 10.1. The van der Waals surface area contributed by atoms with Gasteiger partial charge in [-0.15, -0.1) is 0 Å². The molecule has 5 heteroatoms. The number of nitro benzene ring substituents is 1. The molecular formula is C8H8BrNO3. The van der Waals surface area contributed by atoms with Crippen molar-refractivity contribution in [1.82, 2.24) is 0 Å². The molecule has 1 aromatic carbocycles. The number of alkyl halides is 1. The number of aliphatic hydroxyl groups excluding tert-OH is 1. The molecule has 0 aliphatic carbocycles. The number of nitro groups is 1. The van der Waals surface area contributed by atoms with Crippen LogP contribution in [0.25, 0.3) is 0 Å². The van der Waals surface area contributed by atoms with Crippen molar-refractivity contribution >= 4 is 21.6 Å². The second-order valence-corrected chi connectivity index (χ2v) is 3.60. The maximum Gasteiger partial charge on any atom is 0.269 e. The van der Waals surface area contributed by atoms with Crippen LogP contribution in [-0.2, 0) is 0 Å². The zero-order valence-corrected chi connectivity index (χ0v) is 8.27. The zero-order valence-electron chi connectivity index (χ0n) is 6.68.